The van der Waals surface area contributed by atoms with Crippen LogP contribution in [0.3, 0.4) is 0 Å². The minimum Gasteiger partial charge on any atom is -0.334 e. The molecule has 0 aliphatic rings. The monoisotopic (exact) mass is 396 g/mol. The molecule has 5 aromatic rings. The van der Waals surface area contributed by atoms with Crippen LogP contribution in [0, 0.1) is 6.92 Å². The molecular formula is C22H16N6O2. The molecule has 8 heteroatoms. The minimum atomic E-state index is -0.256. The van der Waals surface area contributed by atoms with E-state index in [4.69, 9.17) is 4.52 Å². The third kappa shape index (κ3) is 3.20. The minimum absolute atomic E-state index is 0.256. The third-order valence-electron chi connectivity index (χ3n) is 4.70. The van der Waals surface area contributed by atoms with Gasteiger partial charge in [-0.2, -0.15) is 4.98 Å². The molecule has 0 bridgehead atoms. The van der Waals surface area contributed by atoms with Gasteiger partial charge in [-0.25, -0.2) is 4.98 Å². The van der Waals surface area contributed by atoms with Crippen molar-refractivity contribution in [2.24, 2.45) is 0 Å². The summed E-state index contributed by atoms with van der Waals surface area (Å²) in [6.45, 7) is 1.92. The van der Waals surface area contributed by atoms with Crippen LogP contribution in [0.15, 0.2) is 77.7 Å². The van der Waals surface area contributed by atoms with E-state index in [9.17, 15) is 4.79 Å². The number of aromatic nitrogens is 5. The lowest BCUT2D eigenvalue weighted by Gasteiger charge is -2.09. The van der Waals surface area contributed by atoms with Crippen molar-refractivity contribution in [1.29, 1.82) is 0 Å². The second-order valence-electron chi connectivity index (χ2n) is 6.69. The summed E-state index contributed by atoms with van der Waals surface area (Å²) in [6, 6.07) is 16.6. The lowest BCUT2D eigenvalue weighted by Crippen LogP contribution is -2.15. The summed E-state index contributed by atoms with van der Waals surface area (Å²) < 4.78 is 7.15. The Bertz CT molecular complexity index is 1360. The van der Waals surface area contributed by atoms with Gasteiger partial charge in [0.2, 0.25) is 5.82 Å². The van der Waals surface area contributed by atoms with E-state index in [1.54, 1.807) is 23.0 Å². The summed E-state index contributed by atoms with van der Waals surface area (Å²) in [7, 11) is 0. The summed E-state index contributed by atoms with van der Waals surface area (Å²) in [4.78, 5) is 25.8. The molecule has 0 radical (unpaired) electrons. The molecule has 1 aromatic carbocycles. The fourth-order valence-corrected chi connectivity index (χ4v) is 3.12. The van der Waals surface area contributed by atoms with Gasteiger partial charge in [0, 0.05) is 23.6 Å². The van der Waals surface area contributed by atoms with Crippen molar-refractivity contribution < 1.29 is 9.32 Å². The molecule has 0 atom stereocenters. The molecule has 4 aromatic heterocycles. The maximum Gasteiger partial charge on any atom is 0.274 e. The number of imidazole rings is 1. The lowest BCUT2D eigenvalue weighted by molar-refractivity contribution is 0.102. The maximum absolute atomic E-state index is 12.8. The Balaban J connectivity index is 1.44. The number of nitrogens with zero attached hydrogens (tertiary/aromatic N) is 5. The summed E-state index contributed by atoms with van der Waals surface area (Å²) in [5.41, 5.74) is 4.04. The number of anilines is 1. The number of pyridine rings is 2. The van der Waals surface area contributed by atoms with Crippen molar-refractivity contribution >= 4 is 17.2 Å². The first kappa shape index (κ1) is 17.7. The van der Waals surface area contributed by atoms with Gasteiger partial charge in [-0.1, -0.05) is 23.4 Å². The highest BCUT2D eigenvalue weighted by Crippen LogP contribution is 2.26. The molecule has 5 rings (SSSR count). The third-order valence-corrected chi connectivity index (χ3v) is 4.70. The zero-order chi connectivity index (χ0) is 20.5. The number of carbonyl (C=O) groups is 1. The van der Waals surface area contributed by atoms with Crippen molar-refractivity contribution in [3.63, 3.8) is 0 Å². The Kier molecular flexibility index (Phi) is 4.29. The van der Waals surface area contributed by atoms with Crippen molar-refractivity contribution in [3.05, 3.63) is 84.4 Å². The summed E-state index contributed by atoms with van der Waals surface area (Å²) in [5.74, 6) is 0.497. The molecule has 1 N–H and O–H groups in total. The molecule has 1 amide bonds. The van der Waals surface area contributed by atoms with Gasteiger partial charge in [0.15, 0.2) is 0 Å². The molecule has 146 valence electrons. The molecule has 0 unspecified atom stereocenters. The highest BCUT2D eigenvalue weighted by atomic mass is 16.5. The Hall–Kier alpha value is -4.33. The highest BCUT2D eigenvalue weighted by molar-refractivity contribution is 6.04. The highest BCUT2D eigenvalue weighted by Gasteiger charge is 2.16. The van der Waals surface area contributed by atoms with Gasteiger partial charge in [-0.3, -0.25) is 14.2 Å². The molecule has 0 fully saturated rings. The van der Waals surface area contributed by atoms with E-state index in [1.807, 2.05) is 61.5 Å². The molecule has 0 aliphatic heterocycles. The van der Waals surface area contributed by atoms with Crippen molar-refractivity contribution in [2.45, 2.75) is 6.92 Å². The van der Waals surface area contributed by atoms with Crippen LogP contribution in [0.5, 0.6) is 0 Å². The average Bonchev–Trinajstić information content (AvgIpc) is 3.43. The number of hydrogen-bond acceptors (Lipinski definition) is 6. The number of benzene rings is 1. The number of rotatable bonds is 4. The van der Waals surface area contributed by atoms with E-state index in [2.05, 4.69) is 25.4 Å². The van der Waals surface area contributed by atoms with Crippen LogP contribution in [0.1, 0.15) is 16.1 Å². The van der Waals surface area contributed by atoms with E-state index in [1.165, 1.54) is 0 Å². The zero-order valence-corrected chi connectivity index (χ0v) is 16.0. The van der Waals surface area contributed by atoms with Crippen LogP contribution in [-0.2, 0) is 0 Å². The Labute approximate surface area is 171 Å². The van der Waals surface area contributed by atoms with Crippen LogP contribution in [0.2, 0.25) is 0 Å². The second-order valence-corrected chi connectivity index (χ2v) is 6.69. The largest absolute Gasteiger partial charge is 0.334 e. The van der Waals surface area contributed by atoms with Gasteiger partial charge in [-0.15, -0.1) is 0 Å². The number of aryl methyl sites for hydroxylation is 1. The number of fused-ring (bicyclic) bond motifs is 1. The molecule has 4 heterocycles. The van der Waals surface area contributed by atoms with Gasteiger partial charge in [0.1, 0.15) is 17.0 Å². The van der Waals surface area contributed by atoms with E-state index < -0.39 is 0 Å². The quantitative estimate of drug-likeness (QED) is 0.493. The molecule has 0 saturated heterocycles. The predicted octanol–water partition coefficient (Wildman–Crippen LogP) is 4.01. The topological polar surface area (TPSA) is 98.2 Å². The van der Waals surface area contributed by atoms with Crippen LogP contribution in [0.25, 0.3) is 28.6 Å². The van der Waals surface area contributed by atoms with Crippen LogP contribution in [-0.4, -0.2) is 30.4 Å². The number of amides is 1. The van der Waals surface area contributed by atoms with Gasteiger partial charge < -0.3 is 9.84 Å². The molecule has 0 saturated carbocycles. The molecule has 8 nitrogen and oxygen atoms in total. The number of nitrogens with one attached hydrogen (secondary N) is 1. The standard InChI is InChI=1S/C22H16N6O2/c1-14-8-9-15(22-26-20(27-30-22)16-6-2-4-10-23-16)12-17(14)25-21(29)18-13-24-19-7-3-5-11-28(18)19/h2-13H,1H3,(H,25,29). The first-order chi connectivity index (χ1) is 14.7. The Morgan fingerprint density at radius 1 is 1.07 bits per heavy atom. The van der Waals surface area contributed by atoms with Gasteiger partial charge >= 0.3 is 0 Å². The van der Waals surface area contributed by atoms with E-state index >= 15 is 0 Å². The molecule has 0 aliphatic carbocycles. The van der Waals surface area contributed by atoms with E-state index in [-0.39, 0.29) is 5.91 Å². The first-order valence-corrected chi connectivity index (χ1v) is 9.28. The van der Waals surface area contributed by atoms with Crippen molar-refractivity contribution in [2.75, 3.05) is 5.32 Å². The van der Waals surface area contributed by atoms with Gasteiger partial charge in [0.05, 0.1) is 6.20 Å². The normalized spacial score (nSPS) is 11.0. The van der Waals surface area contributed by atoms with Crippen LogP contribution in [0.4, 0.5) is 5.69 Å². The van der Waals surface area contributed by atoms with Crippen molar-refractivity contribution in [1.82, 2.24) is 24.5 Å². The van der Waals surface area contributed by atoms with Gasteiger partial charge in [-0.05, 0) is 48.9 Å². The second kappa shape index (κ2) is 7.25. The van der Waals surface area contributed by atoms with Crippen molar-refractivity contribution in [3.8, 4) is 23.0 Å². The summed E-state index contributed by atoms with van der Waals surface area (Å²) in [5, 5.41) is 6.95. The fourth-order valence-electron chi connectivity index (χ4n) is 3.12. The number of hydrogen-bond donors (Lipinski definition) is 1. The maximum atomic E-state index is 12.8. The number of carbonyl (C=O) groups excluding carboxylic acids is 1. The lowest BCUT2D eigenvalue weighted by atomic mass is 10.1. The first-order valence-electron chi connectivity index (χ1n) is 9.28. The van der Waals surface area contributed by atoms with E-state index in [0.717, 1.165) is 5.56 Å². The molecular weight excluding hydrogens is 380 g/mol. The summed E-state index contributed by atoms with van der Waals surface area (Å²) in [6.07, 6.45) is 5.03. The average molecular weight is 396 g/mol. The fraction of sp³-hybridized carbons (Fsp3) is 0.0455. The van der Waals surface area contributed by atoms with Crippen LogP contribution >= 0.6 is 0 Å². The SMILES string of the molecule is Cc1ccc(-c2nc(-c3ccccn3)no2)cc1NC(=O)c1cnc2ccccn12. The summed E-state index contributed by atoms with van der Waals surface area (Å²) >= 11 is 0. The zero-order valence-electron chi connectivity index (χ0n) is 16.0. The van der Waals surface area contributed by atoms with Gasteiger partial charge in [0.25, 0.3) is 11.8 Å². The molecule has 0 spiro atoms. The van der Waals surface area contributed by atoms with Crippen LogP contribution < -0.4 is 5.32 Å². The Morgan fingerprint density at radius 3 is 2.83 bits per heavy atom. The smallest absolute Gasteiger partial charge is 0.274 e. The Morgan fingerprint density at radius 2 is 1.97 bits per heavy atom. The predicted molar refractivity (Wildman–Crippen MR) is 111 cm³/mol. The molecule has 30 heavy (non-hydrogen) atoms. The van der Waals surface area contributed by atoms with E-state index in [0.29, 0.717) is 40.0 Å².